The summed E-state index contributed by atoms with van der Waals surface area (Å²) in [5, 5.41) is 3.87. The first-order chi connectivity index (χ1) is 13.3. The number of fused-ring (bicyclic) bond motifs is 2. The molecule has 2 aromatic carbocycles. The maximum absolute atomic E-state index is 12.6. The number of carbonyl (C=O) groups excluding carboxylic acids is 1. The molecule has 3 nitrogen and oxygen atoms in total. The predicted octanol–water partition coefficient (Wildman–Crippen LogP) is 4.21. The molecule has 2 aromatic rings. The summed E-state index contributed by atoms with van der Waals surface area (Å²) in [6.07, 6.45) is 6.08. The molecule has 28 heavy (non-hydrogen) atoms. The molecule has 2 fully saturated rings. The average Bonchev–Trinajstić information content (AvgIpc) is 3.33. The smallest absolute Gasteiger partial charge is 0.253 e. The van der Waals surface area contributed by atoms with E-state index in [-0.39, 0.29) is 18.3 Å². The lowest BCUT2D eigenvalue weighted by atomic mass is 9.95. The number of hydrogen-bond acceptors (Lipinski definition) is 2. The zero-order valence-electron chi connectivity index (χ0n) is 16.3. The molecule has 1 amide bonds. The number of amides is 1. The molecular weight excluding hydrogens is 368 g/mol. The van der Waals surface area contributed by atoms with Crippen molar-refractivity contribution in [1.82, 2.24) is 10.2 Å². The zero-order valence-corrected chi connectivity index (χ0v) is 17.1. The van der Waals surface area contributed by atoms with Crippen LogP contribution in [0.5, 0.6) is 0 Å². The third kappa shape index (κ3) is 3.46. The fourth-order valence-electron chi connectivity index (χ4n) is 5.28. The minimum atomic E-state index is 0. The van der Waals surface area contributed by atoms with E-state index in [2.05, 4.69) is 29.6 Å². The lowest BCUT2D eigenvalue weighted by molar-refractivity contribution is 0.0689. The van der Waals surface area contributed by atoms with Crippen molar-refractivity contribution in [3.05, 3.63) is 71.3 Å². The highest BCUT2D eigenvalue weighted by atomic mass is 35.5. The summed E-state index contributed by atoms with van der Waals surface area (Å²) >= 11 is 0. The fraction of sp³-hybridized carbons (Fsp3) is 0.458. The van der Waals surface area contributed by atoms with E-state index >= 15 is 0 Å². The molecule has 0 aromatic heterocycles. The van der Waals surface area contributed by atoms with Crippen LogP contribution in [0.4, 0.5) is 0 Å². The topological polar surface area (TPSA) is 32.3 Å². The molecular formula is C24H29ClN2O. The Morgan fingerprint density at radius 2 is 1.75 bits per heavy atom. The maximum Gasteiger partial charge on any atom is 0.253 e. The molecule has 1 saturated carbocycles. The summed E-state index contributed by atoms with van der Waals surface area (Å²) in [6.45, 7) is 2.87. The van der Waals surface area contributed by atoms with Gasteiger partial charge in [-0.1, -0.05) is 42.5 Å². The molecule has 5 rings (SSSR count). The minimum absolute atomic E-state index is 0. The van der Waals surface area contributed by atoms with Gasteiger partial charge in [0.2, 0.25) is 0 Å². The van der Waals surface area contributed by atoms with Crippen LogP contribution in [0, 0.1) is 5.92 Å². The Labute approximate surface area is 173 Å². The monoisotopic (exact) mass is 396 g/mol. The van der Waals surface area contributed by atoms with E-state index in [0.29, 0.717) is 17.4 Å². The Hall–Kier alpha value is -1.84. The van der Waals surface area contributed by atoms with Gasteiger partial charge in [0.25, 0.3) is 5.91 Å². The number of rotatable bonds is 4. The second kappa shape index (κ2) is 7.88. The molecule has 2 atom stereocenters. The van der Waals surface area contributed by atoms with Crippen molar-refractivity contribution in [1.29, 1.82) is 0 Å². The first-order valence-electron chi connectivity index (χ1n) is 10.4. The highest BCUT2D eigenvalue weighted by molar-refractivity contribution is 5.94. The van der Waals surface area contributed by atoms with Crippen molar-refractivity contribution in [3.63, 3.8) is 0 Å². The Kier molecular flexibility index (Phi) is 5.48. The second-order valence-corrected chi connectivity index (χ2v) is 8.58. The predicted molar refractivity (Wildman–Crippen MR) is 115 cm³/mol. The summed E-state index contributed by atoms with van der Waals surface area (Å²) in [4.78, 5) is 14.6. The molecule has 0 bridgehead atoms. The van der Waals surface area contributed by atoms with Crippen LogP contribution in [0.3, 0.4) is 0 Å². The number of nitrogens with one attached hydrogen (secondary N) is 1. The number of halogens is 1. The highest BCUT2D eigenvalue weighted by Crippen LogP contribution is 2.56. The van der Waals surface area contributed by atoms with E-state index in [1.165, 1.54) is 19.3 Å². The Balaban J connectivity index is 0.00000192. The largest absolute Gasteiger partial charge is 0.339 e. The van der Waals surface area contributed by atoms with Crippen LogP contribution >= 0.6 is 12.4 Å². The number of likely N-dealkylation sites (tertiary alicyclic amines) is 1. The van der Waals surface area contributed by atoms with Gasteiger partial charge >= 0.3 is 0 Å². The lowest BCUT2D eigenvalue weighted by Crippen LogP contribution is -2.41. The van der Waals surface area contributed by atoms with E-state index in [1.807, 2.05) is 35.2 Å². The van der Waals surface area contributed by atoms with Gasteiger partial charge in [-0.05, 0) is 67.8 Å². The van der Waals surface area contributed by atoms with E-state index in [0.717, 1.165) is 38.0 Å². The first-order valence-corrected chi connectivity index (χ1v) is 10.4. The number of piperidine rings is 1. The van der Waals surface area contributed by atoms with Crippen LogP contribution in [0.2, 0.25) is 0 Å². The molecule has 1 saturated heterocycles. The van der Waals surface area contributed by atoms with Crippen LogP contribution in [-0.4, -0.2) is 36.5 Å². The van der Waals surface area contributed by atoms with E-state index in [9.17, 15) is 4.79 Å². The van der Waals surface area contributed by atoms with E-state index < -0.39 is 0 Å². The van der Waals surface area contributed by atoms with E-state index in [1.54, 1.807) is 11.1 Å². The Morgan fingerprint density at radius 1 is 1.04 bits per heavy atom. The van der Waals surface area contributed by atoms with E-state index in [4.69, 9.17) is 0 Å². The van der Waals surface area contributed by atoms with Gasteiger partial charge in [-0.15, -0.1) is 12.4 Å². The van der Waals surface area contributed by atoms with Gasteiger partial charge in [-0.25, -0.2) is 0 Å². The maximum atomic E-state index is 12.6. The molecule has 1 N–H and O–H groups in total. The standard InChI is InChI=1S/C24H28N2O.ClH/c27-23(20-7-2-1-3-8-20)26-14-11-18(12-15-26)17-25-22-16-24(22)13-10-19-6-4-5-9-21(19)24;/h1-9,18,22,25H,10-17H2;1H/t22-,24-;/m1./s1. The molecule has 4 heteroatoms. The average molecular weight is 397 g/mol. The number of aryl methyl sites for hydroxylation is 1. The number of nitrogens with zero attached hydrogens (tertiary/aromatic N) is 1. The number of hydrogen-bond donors (Lipinski definition) is 1. The zero-order chi connectivity index (χ0) is 18.3. The van der Waals surface area contributed by atoms with Crippen LogP contribution in [0.25, 0.3) is 0 Å². The number of benzene rings is 2. The first kappa shape index (κ1) is 19.5. The molecule has 3 aliphatic rings. The molecule has 1 aliphatic heterocycles. The van der Waals surface area contributed by atoms with Crippen molar-refractivity contribution in [2.75, 3.05) is 19.6 Å². The molecule has 0 unspecified atom stereocenters. The van der Waals surface area contributed by atoms with Crippen molar-refractivity contribution in [2.45, 2.75) is 43.6 Å². The normalized spacial score (nSPS) is 26.0. The van der Waals surface area contributed by atoms with Crippen LogP contribution < -0.4 is 5.32 Å². The van der Waals surface area contributed by atoms with Crippen LogP contribution in [0.15, 0.2) is 54.6 Å². The summed E-state index contributed by atoms with van der Waals surface area (Å²) in [5.41, 5.74) is 4.41. The second-order valence-electron chi connectivity index (χ2n) is 8.58. The molecule has 1 spiro atoms. The van der Waals surface area contributed by atoms with Crippen LogP contribution in [0.1, 0.15) is 47.2 Å². The molecule has 1 heterocycles. The van der Waals surface area contributed by atoms with Gasteiger partial charge in [0, 0.05) is 30.1 Å². The fourth-order valence-corrected chi connectivity index (χ4v) is 5.28. The van der Waals surface area contributed by atoms with Crippen molar-refractivity contribution < 1.29 is 4.79 Å². The Bertz CT molecular complexity index is 832. The third-order valence-electron chi connectivity index (χ3n) is 7.04. The van der Waals surface area contributed by atoms with Gasteiger partial charge in [-0.3, -0.25) is 4.79 Å². The van der Waals surface area contributed by atoms with Crippen molar-refractivity contribution in [2.24, 2.45) is 5.92 Å². The lowest BCUT2D eigenvalue weighted by Gasteiger charge is -2.32. The van der Waals surface area contributed by atoms with Crippen molar-refractivity contribution in [3.8, 4) is 0 Å². The molecule has 2 aliphatic carbocycles. The summed E-state index contributed by atoms with van der Waals surface area (Å²) in [6, 6.07) is 19.4. The summed E-state index contributed by atoms with van der Waals surface area (Å²) in [7, 11) is 0. The molecule has 148 valence electrons. The van der Waals surface area contributed by atoms with Crippen molar-refractivity contribution >= 4 is 18.3 Å². The Morgan fingerprint density at radius 3 is 2.54 bits per heavy atom. The summed E-state index contributed by atoms with van der Waals surface area (Å²) < 4.78 is 0. The molecule has 0 radical (unpaired) electrons. The van der Waals surface area contributed by atoms with Gasteiger partial charge in [0.05, 0.1) is 0 Å². The van der Waals surface area contributed by atoms with Crippen LogP contribution in [-0.2, 0) is 11.8 Å². The highest BCUT2D eigenvalue weighted by Gasteiger charge is 2.57. The number of carbonyl (C=O) groups is 1. The quantitative estimate of drug-likeness (QED) is 0.839. The van der Waals surface area contributed by atoms with Gasteiger partial charge < -0.3 is 10.2 Å². The SMILES string of the molecule is Cl.O=C(c1ccccc1)N1CCC(CN[C@@H]2C[C@@]23CCc2ccccc23)CC1. The minimum Gasteiger partial charge on any atom is -0.339 e. The van der Waals surface area contributed by atoms with Gasteiger partial charge in [-0.2, -0.15) is 0 Å². The van der Waals surface area contributed by atoms with Gasteiger partial charge in [0.1, 0.15) is 0 Å². The summed E-state index contributed by atoms with van der Waals surface area (Å²) in [5.74, 6) is 0.879. The third-order valence-corrected chi connectivity index (χ3v) is 7.04. The van der Waals surface area contributed by atoms with Gasteiger partial charge in [0.15, 0.2) is 0 Å².